The van der Waals surface area contributed by atoms with Gasteiger partial charge in [0.1, 0.15) is 5.82 Å². The van der Waals surface area contributed by atoms with Crippen LogP contribution in [0.1, 0.15) is 50.2 Å². The molecule has 1 aromatic heterocycles. The highest BCUT2D eigenvalue weighted by atomic mass is 16.2. The van der Waals surface area contributed by atoms with Crippen LogP contribution in [0.2, 0.25) is 0 Å². The maximum atomic E-state index is 13.8. The second kappa shape index (κ2) is 10.7. The van der Waals surface area contributed by atoms with Crippen LogP contribution in [0, 0.1) is 12.8 Å². The van der Waals surface area contributed by atoms with Crippen molar-refractivity contribution in [2.24, 2.45) is 5.92 Å². The van der Waals surface area contributed by atoms with Crippen LogP contribution < -0.4 is 5.56 Å². The van der Waals surface area contributed by atoms with Crippen molar-refractivity contribution in [1.29, 1.82) is 0 Å². The summed E-state index contributed by atoms with van der Waals surface area (Å²) in [6.45, 7) is 8.88. The lowest BCUT2D eigenvalue weighted by Crippen LogP contribution is -2.39. The highest BCUT2D eigenvalue weighted by Crippen LogP contribution is 2.25. The van der Waals surface area contributed by atoms with E-state index in [1.807, 2.05) is 97.6 Å². The van der Waals surface area contributed by atoms with Gasteiger partial charge in [-0.05, 0) is 55.5 Å². The summed E-state index contributed by atoms with van der Waals surface area (Å²) < 4.78 is 1.69. The van der Waals surface area contributed by atoms with Gasteiger partial charge in [0.2, 0.25) is 5.91 Å². The molecule has 180 valence electrons. The number of aromatic nitrogens is 2. The largest absolute Gasteiger partial charge is 0.332 e. The van der Waals surface area contributed by atoms with Crippen molar-refractivity contribution in [2.75, 3.05) is 6.54 Å². The lowest BCUT2D eigenvalue weighted by molar-refractivity contribution is -0.133. The minimum absolute atomic E-state index is 0.0306. The number of carbonyl (C=O) groups is 1. The van der Waals surface area contributed by atoms with Gasteiger partial charge in [0, 0.05) is 6.54 Å². The highest BCUT2D eigenvalue weighted by Gasteiger charge is 2.27. The van der Waals surface area contributed by atoms with E-state index >= 15 is 0 Å². The number of aryl methyl sites for hydroxylation is 1. The van der Waals surface area contributed by atoms with E-state index in [1.54, 1.807) is 4.57 Å². The molecule has 5 heteroatoms. The number of hydrogen-bond donors (Lipinski definition) is 0. The first-order valence-electron chi connectivity index (χ1n) is 12.3. The van der Waals surface area contributed by atoms with Crippen molar-refractivity contribution >= 4 is 16.8 Å². The third kappa shape index (κ3) is 5.35. The Bertz CT molecular complexity index is 1380. The summed E-state index contributed by atoms with van der Waals surface area (Å²) in [6, 6.07) is 24.6. The summed E-state index contributed by atoms with van der Waals surface area (Å²) in [4.78, 5) is 34.2. The molecule has 4 rings (SSSR count). The molecule has 1 amide bonds. The van der Waals surface area contributed by atoms with Gasteiger partial charge in [0.25, 0.3) is 5.56 Å². The second-order valence-corrected chi connectivity index (χ2v) is 9.52. The summed E-state index contributed by atoms with van der Waals surface area (Å²) in [7, 11) is 0. The molecular formula is C30H33N3O2. The Kier molecular flexibility index (Phi) is 7.45. The van der Waals surface area contributed by atoms with Crippen LogP contribution in [0.3, 0.4) is 0 Å². The van der Waals surface area contributed by atoms with Gasteiger partial charge in [-0.1, -0.05) is 74.5 Å². The average molecular weight is 468 g/mol. The van der Waals surface area contributed by atoms with Crippen molar-refractivity contribution in [1.82, 2.24) is 14.5 Å². The Morgan fingerprint density at radius 3 is 2.29 bits per heavy atom. The zero-order chi connectivity index (χ0) is 24.9. The van der Waals surface area contributed by atoms with E-state index in [4.69, 9.17) is 4.98 Å². The number of hydrogen-bond acceptors (Lipinski definition) is 3. The Labute approximate surface area is 207 Å². The first-order valence-corrected chi connectivity index (χ1v) is 12.3. The molecule has 0 fully saturated rings. The molecule has 3 aromatic carbocycles. The molecule has 0 bridgehead atoms. The molecule has 0 spiro atoms. The van der Waals surface area contributed by atoms with Crippen LogP contribution in [0.15, 0.2) is 83.7 Å². The number of benzene rings is 3. The molecule has 0 aliphatic carbocycles. The van der Waals surface area contributed by atoms with Gasteiger partial charge < -0.3 is 4.90 Å². The molecule has 1 heterocycles. The molecular weight excluding hydrogens is 434 g/mol. The van der Waals surface area contributed by atoms with E-state index in [0.29, 0.717) is 35.6 Å². The molecule has 4 aromatic rings. The summed E-state index contributed by atoms with van der Waals surface area (Å²) in [5, 5.41) is 0.566. The lowest BCUT2D eigenvalue weighted by atomic mass is 10.1. The molecule has 0 N–H and O–H groups in total. The average Bonchev–Trinajstić information content (AvgIpc) is 2.85. The fraction of sp³-hybridized carbons (Fsp3) is 0.300. The van der Waals surface area contributed by atoms with E-state index in [-0.39, 0.29) is 17.5 Å². The number of rotatable bonds is 8. The Morgan fingerprint density at radius 1 is 0.914 bits per heavy atom. The minimum Gasteiger partial charge on any atom is -0.332 e. The van der Waals surface area contributed by atoms with E-state index in [0.717, 1.165) is 23.2 Å². The van der Waals surface area contributed by atoms with E-state index in [1.165, 1.54) is 0 Å². The normalized spacial score (nSPS) is 12.1. The smallest absolute Gasteiger partial charge is 0.266 e. The molecule has 1 atom stereocenters. The van der Waals surface area contributed by atoms with Crippen LogP contribution in [-0.2, 0) is 11.2 Å². The zero-order valence-electron chi connectivity index (χ0n) is 20.9. The fourth-order valence-electron chi connectivity index (χ4n) is 4.42. The van der Waals surface area contributed by atoms with Gasteiger partial charge in [-0.2, -0.15) is 0 Å². The third-order valence-electron chi connectivity index (χ3n) is 6.47. The van der Waals surface area contributed by atoms with Crippen molar-refractivity contribution in [3.05, 3.63) is 106 Å². The van der Waals surface area contributed by atoms with Crippen molar-refractivity contribution < 1.29 is 4.79 Å². The van der Waals surface area contributed by atoms with Crippen LogP contribution in [0.25, 0.3) is 16.6 Å². The molecule has 0 aliphatic rings. The highest BCUT2D eigenvalue weighted by molar-refractivity contribution is 5.80. The predicted octanol–water partition coefficient (Wildman–Crippen LogP) is 5.87. The standard InChI is InChI=1S/C30H33N3O2/c1-21(2)18-19-32(28(34)20-24-13-6-5-7-14-24)23(4)29-31-26-16-10-9-15-25(26)30(35)33(29)27-17-11-8-12-22(27)3/h5-17,21,23H,18-20H2,1-4H3. The molecule has 0 aliphatic heterocycles. The summed E-state index contributed by atoms with van der Waals surface area (Å²) in [5.41, 5.74) is 3.26. The van der Waals surface area contributed by atoms with Gasteiger partial charge in [-0.3, -0.25) is 14.2 Å². The number of nitrogens with zero attached hydrogens (tertiary/aromatic N) is 3. The van der Waals surface area contributed by atoms with Crippen LogP contribution in [0.5, 0.6) is 0 Å². The third-order valence-corrected chi connectivity index (χ3v) is 6.47. The molecule has 35 heavy (non-hydrogen) atoms. The van der Waals surface area contributed by atoms with Gasteiger partial charge in [0.05, 0.1) is 29.1 Å². The van der Waals surface area contributed by atoms with E-state index < -0.39 is 0 Å². The van der Waals surface area contributed by atoms with Crippen molar-refractivity contribution in [3.63, 3.8) is 0 Å². The summed E-state index contributed by atoms with van der Waals surface area (Å²) in [6.07, 6.45) is 1.18. The topological polar surface area (TPSA) is 55.2 Å². The van der Waals surface area contributed by atoms with Gasteiger partial charge >= 0.3 is 0 Å². The van der Waals surface area contributed by atoms with Crippen molar-refractivity contribution in [3.8, 4) is 5.69 Å². The first-order chi connectivity index (χ1) is 16.9. The maximum Gasteiger partial charge on any atom is 0.266 e. The Morgan fingerprint density at radius 2 is 1.57 bits per heavy atom. The quantitative estimate of drug-likeness (QED) is 0.326. The monoisotopic (exact) mass is 467 g/mol. The molecule has 0 saturated carbocycles. The summed E-state index contributed by atoms with van der Waals surface area (Å²) in [5.74, 6) is 1.05. The zero-order valence-corrected chi connectivity index (χ0v) is 20.9. The van der Waals surface area contributed by atoms with E-state index in [2.05, 4.69) is 13.8 Å². The first kappa shape index (κ1) is 24.4. The number of para-hydroxylation sites is 2. The Balaban J connectivity index is 1.85. The molecule has 0 radical (unpaired) electrons. The second-order valence-electron chi connectivity index (χ2n) is 9.52. The molecule has 0 saturated heterocycles. The maximum absolute atomic E-state index is 13.8. The van der Waals surface area contributed by atoms with Crippen LogP contribution >= 0.6 is 0 Å². The van der Waals surface area contributed by atoms with Crippen molar-refractivity contribution in [2.45, 2.75) is 46.6 Å². The number of amides is 1. The number of carbonyl (C=O) groups excluding carboxylic acids is 1. The Hall–Kier alpha value is -3.73. The van der Waals surface area contributed by atoms with Gasteiger partial charge in [0.15, 0.2) is 0 Å². The molecule has 1 unspecified atom stereocenters. The summed E-state index contributed by atoms with van der Waals surface area (Å²) >= 11 is 0. The molecule has 5 nitrogen and oxygen atoms in total. The lowest BCUT2D eigenvalue weighted by Gasteiger charge is -2.31. The SMILES string of the molecule is Cc1ccccc1-n1c(C(C)N(CCC(C)C)C(=O)Cc2ccccc2)nc2ccccc2c1=O. The van der Waals surface area contributed by atoms with Crippen LogP contribution in [-0.4, -0.2) is 26.9 Å². The van der Waals surface area contributed by atoms with Crippen LogP contribution in [0.4, 0.5) is 0 Å². The predicted molar refractivity (Wildman–Crippen MR) is 142 cm³/mol. The van der Waals surface area contributed by atoms with Gasteiger partial charge in [-0.15, -0.1) is 0 Å². The van der Waals surface area contributed by atoms with Gasteiger partial charge in [-0.25, -0.2) is 4.98 Å². The van der Waals surface area contributed by atoms with E-state index in [9.17, 15) is 9.59 Å². The fourth-order valence-corrected chi connectivity index (χ4v) is 4.42. The minimum atomic E-state index is -0.387. The number of fused-ring (bicyclic) bond motifs is 1.